The van der Waals surface area contributed by atoms with Crippen LogP contribution in [0.25, 0.3) is 0 Å². The smallest absolute Gasteiger partial charge is 0.312 e. The Morgan fingerprint density at radius 3 is 2.91 bits per heavy atom. The Morgan fingerprint density at radius 2 is 2.27 bits per heavy atom. The van der Waals surface area contributed by atoms with Crippen molar-refractivity contribution in [3.63, 3.8) is 0 Å². The van der Waals surface area contributed by atoms with E-state index in [4.69, 9.17) is 9.47 Å². The Balaban J connectivity index is 2.04. The van der Waals surface area contributed by atoms with Gasteiger partial charge in [-0.1, -0.05) is 22.6 Å². The number of rotatable bonds is 0. The number of hydrogen-bond donors (Lipinski definition) is 0. The van der Waals surface area contributed by atoms with Crippen molar-refractivity contribution in [2.24, 2.45) is 5.92 Å². The number of halogens is 1. The number of esters is 1. The number of carbonyl (C=O) groups is 1. The third-order valence-electron chi connectivity index (χ3n) is 2.76. The largest absolute Gasteiger partial charge is 0.458 e. The molecule has 0 aromatic rings. The number of fused-ring (bicyclic) bond motifs is 1. The maximum absolute atomic E-state index is 11.1. The fraction of sp³-hybridized carbons (Fsp3) is 0.857. The average Bonchev–Trinajstić information content (AvgIpc) is 2.53. The lowest BCUT2D eigenvalue weighted by molar-refractivity contribution is -0.143. The van der Waals surface area contributed by atoms with Crippen molar-refractivity contribution < 1.29 is 14.3 Å². The number of ether oxygens (including phenoxy) is 2. The van der Waals surface area contributed by atoms with Gasteiger partial charge in [-0.2, -0.15) is 0 Å². The van der Waals surface area contributed by atoms with E-state index >= 15 is 0 Å². The summed E-state index contributed by atoms with van der Waals surface area (Å²) in [5.41, 5.74) is 0. The van der Waals surface area contributed by atoms with Gasteiger partial charge in [0.15, 0.2) is 0 Å². The lowest BCUT2D eigenvalue weighted by atomic mass is 9.90. The Kier molecular flexibility index (Phi) is 1.15. The van der Waals surface area contributed by atoms with Crippen molar-refractivity contribution in [3.05, 3.63) is 0 Å². The Bertz CT molecular complexity index is 230. The highest BCUT2D eigenvalue weighted by Crippen LogP contribution is 2.48. The molecule has 0 aliphatic carbocycles. The lowest BCUT2D eigenvalue weighted by Gasteiger charge is -2.14. The maximum atomic E-state index is 11.1. The molecular weight excluding hydrogens is 259 g/mol. The number of carbonyl (C=O) groups excluding carboxylic acids is 1. The van der Waals surface area contributed by atoms with Crippen LogP contribution in [0.4, 0.5) is 0 Å². The van der Waals surface area contributed by atoms with Gasteiger partial charge in [0.1, 0.15) is 12.2 Å². The van der Waals surface area contributed by atoms with E-state index in [1.54, 1.807) is 0 Å². The van der Waals surface area contributed by atoms with Crippen LogP contribution in [0, 0.1) is 5.92 Å². The molecule has 0 spiro atoms. The number of hydrogen-bond acceptors (Lipinski definition) is 3. The van der Waals surface area contributed by atoms with E-state index in [2.05, 4.69) is 22.6 Å². The van der Waals surface area contributed by atoms with Crippen LogP contribution >= 0.6 is 22.6 Å². The van der Waals surface area contributed by atoms with Crippen molar-refractivity contribution in [2.75, 3.05) is 0 Å². The minimum atomic E-state index is -0.0401. The highest BCUT2D eigenvalue weighted by molar-refractivity contribution is 14.1. The Hall–Kier alpha value is 0.160. The molecule has 3 nitrogen and oxygen atoms in total. The Morgan fingerprint density at radius 1 is 1.45 bits per heavy atom. The van der Waals surface area contributed by atoms with Crippen LogP contribution in [-0.2, 0) is 14.3 Å². The fourth-order valence-electron chi connectivity index (χ4n) is 2.22. The second-order valence-electron chi connectivity index (χ2n) is 3.33. The summed E-state index contributed by atoms with van der Waals surface area (Å²) in [7, 11) is 0. The molecule has 3 heterocycles. The second-order valence-corrected chi connectivity index (χ2v) is 4.77. The molecule has 0 aromatic carbocycles. The van der Waals surface area contributed by atoms with Gasteiger partial charge in [0.05, 0.1) is 15.9 Å². The zero-order chi connectivity index (χ0) is 7.59. The number of alkyl halides is 1. The van der Waals surface area contributed by atoms with Crippen LogP contribution in [0.3, 0.4) is 0 Å². The van der Waals surface area contributed by atoms with Crippen LogP contribution in [0.15, 0.2) is 0 Å². The second kappa shape index (κ2) is 1.90. The van der Waals surface area contributed by atoms with Gasteiger partial charge < -0.3 is 9.47 Å². The van der Waals surface area contributed by atoms with Crippen LogP contribution in [-0.4, -0.2) is 28.2 Å². The molecule has 3 aliphatic rings. The molecule has 0 N–H and O–H groups in total. The first kappa shape index (κ1) is 6.65. The van der Waals surface area contributed by atoms with E-state index in [9.17, 15) is 4.79 Å². The SMILES string of the molecule is O=C1OC2C(I)C3CC1C2O3. The molecule has 0 aromatic heterocycles. The quantitative estimate of drug-likeness (QED) is 0.364. The van der Waals surface area contributed by atoms with E-state index in [0.29, 0.717) is 3.92 Å². The third-order valence-corrected chi connectivity index (χ3v) is 4.27. The summed E-state index contributed by atoms with van der Waals surface area (Å²) in [5, 5.41) is 0. The summed E-state index contributed by atoms with van der Waals surface area (Å²) in [6.07, 6.45) is 1.32. The topological polar surface area (TPSA) is 35.5 Å². The molecule has 2 bridgehead atoms. The molecule has 11 heavy (non-hydrogen) atoms. The van der Waals surface area contributed by atoms with E-state index in [0.717, 1.165) is 6.42 Å². The van der Waals surface area contributed by atoms with Gasteiger partial charge in [0, 0.05) is 0 Å². The summed E-state index contributed by atoms with van der Waals surface area (Å²) in [6.45, 7) is 0. The van der Waals surface area contributed by atoms with E-state index in [1.807, 2.05) is 0 Å². The lowest BCUT2D eigenvalue weighted by Crippen LogP contribution is -2.31. The maximum Gasteiger partial charge on any atom is 0.312 e. The molecule has 3 rings (SSSR count). The Labute approximate surface area is 77.6 Å². The van der Waals surface area contributed by atoms with Crippen LogP contribution < -0.4 is 0 Å². The van der Waals surface area contributed by atoms with Gasteiger partial charge in [-0.15, -0.1) is 0 Å². The predicted molar refractivity (Wildman–Crippen MR) is 44.5 cm³/mol. The molecule has 5 unspecified atom stereocenters. The first-order valence-electron chi connectivity index (χ1n) is 3.77. The van der Waals surface area contributed by atoms with Crippen molar-refractivity contribution in [1.82, 2.24) is 0 Å². The highest BCUT2D eigenvalue weighted by atomic mass is 127. The van der Waals surface area contributed by atoms with E-state index in [1.165, 1.54) is 0 Å². The van der Waals surface area contributed by atoms with Gasteiger partial charge in [-0.3, -0.25) is 4.79 Å². The van der Waals surface area contributed by atoms with Crippen molar-refractivity contribution in [1.29, 1.82) is 0 Å². The zero-order valence-corrected chi connectivity index (χ0v) is 7.85. The molecule has 60 valence electrons. The normalized spacial score (nSPS) is 58.6. The molecule has 3 saturated heterocycles. The molecule has 5 atom stereocenters. The van der Waals surface area contributed by atoms with Gasteiger partial charge >= 0.3 is 5.97 Å². The van der Waals surface area contributed by atoms with E-state index in [-0.39, 0.29) is 30.2 Å². The van der Waals surface area contributed by atoms with Crippen molar-refractivity contribution >= 4 is 28.6 Å². The first-order chi connectivity index (χ1) is 5.27. The first-order valence-corrected chi connectivity index (χ1v) is 5.02. The molecule has 4 heteroatoms. The highest BCUT2D eigenvalue weighted by Gasteiger charge is 2.62. The standard InChI is InChI=1S/C7H7IO3/c8-4-3-1-2-5(10-3)6(4)11-7(2)9/h2-6H,1H2. The van der Waals surface area contributed by atoms with Crippen LogP contribution in [0.5, 0.6) is 0 Å². The van der Waals surface area contributed by atoms with Crippen LogP contribution in [0.2, 0.25) is 0 Å². The molecule has 3 aliphatic heterocycles. The van der Waals surface area contributed by atoms with Gasteiger partial charge in [0.25, 0.3) is 0 Å². The average molecular weight is 266 g/mol. The van der Waals surface area contributed by atoms with Crippen molar-refractivity contribution in [2.45, 2.75) is 28.7 Å². The van der Waals surface area contributed by atoms with Crippen molar-refractivity contribution in [3.8, 4) is 0 Å². The van der Waals surface area contributed by atoms with Crippen LogP contribution in [0.1, 0.15) is 6.42 Å². The summed E-state index contributed by atoms with van der Waals surface area (Å²) < 4.78 is 11.2. The zero-order valence-electron chi connectivity index (χ0n) is 5.70. The minimum absolute atomic E-state index is 0.0401. The molecule has 0 radical (unpaired) electrons. The molecular formula is C7H7IO3. The molecule has 0 saturated carbocycles. The summed E-state index contributed by atoms with van der Waals surface area (Å²) in [4.78, 5) is 11.1. The van der Waals surface area contributed by atoms with E-state index < -0.39 is 0 Å². The predicted octanol–water partition coefficient (Wildman–Crippen LogP) is 0.503. The molecule has 3 fully saturated rings. The summed E-state index contributed by atoms with van der Waals surface area (Å²) in [5.74, 6) is 0.0256. The van der Waals surface area contributed by atoms with Gasteiger partial charge in [-0.25, -0.2) is 0 Å². The fourth-order valence-corrected chi connectivity index (χ4v) is 3.24. The molecule has 0 amide bonds. The van der Waals surface area contributed by atoms with Gasteiger partial charge in [-0.05, 0) is 6.42 Å². The van der Waals surface area contributed by atoms with Gasteiger partial charge in [0.2, 0.25) is 0 Å². The third kappa shape index (κ3) is 0.654. The summed E-state index contributed by atoms with van der Waals surface area (Å²) >= 11 is 2.32. The minimum Gasteiger partial charge on any atom is -0.458 e. The monoisotopic (exact) mass is 266 g/mol. The summed E-state index contributed by atoms with van der Waals surface area (Å²) in [6, 6.07) is 0.